The largest absolute Gasteiger partial charge is 0.416 e. The monoisotopic (exact) mass is 254 g/mol. The van der Waals surface area contributed by atoms with Crippen LogP contribution >= 0.6 is 0 Å². The minimum atomic E-state index is -4.30. The molecule has 0 aromatic heterocycles. The lowest BCUT2D eigenvalue weighted by Crippen LogP contribution is -2.35. The molecule has 2 rings (SSSR count). The molecule has 1 aromatic rings. The van der Waals surface area contributed by atoms with Crippen molar-refractivity contribution in [2.24, 2.45) is 0 Å². The smallest absolute Gasteiger partial charge is 0.295 e. The number of piperidine rings is 1. The molecule has 96 valence electrons. The fraction of sp³-hybridized carbons (Fsp3) is 0.462. The van der Waals surface area contributed by atoms with Crippen molar-refractivity contribution in [1.29, 1.82) is 5.26 Å². The molecule has 0 spiro atoms. The van der Waals surface area contributed by atoms with Crippen molar-refractivity contribution in [2.45, 2.75) is 37.5 Å². The third kappa shape index (κ3) is 2.82. The van der Waals surface area contributed by atoms with E-state index in [4.69, 9.17) is 5.26 Å². The Morgan fingerprint density at radius 1 is 1.17 bits per heavy atom. The molecule has 5 heteroatoms. The predicted molar refractivity (Wildman–Crippen MR) is 60.6 cm³/mol. The van der Waals surface area contributed by atoms with Gasteiger partial charge in [0.15, 0.2) is 0 Å². The molecule has 1 aliphatic rings. The van der Waals surface area contributed by atoms with E-state index in [2.05, 4.69) is 11.4 Å². The summed E-state index contributed by atoms with van der Waals surface area (Å²) in [7, 11) is 0. The molecule has 0 amide bonds. The van der Waals surface area contributed by atoms with Gasteiger partial charge < -0.3 is 0 Å². The molecule has 0 saturated carbocycles. The van der Waals surface area contributed by atoms with Gasteiger partial charge in [0, 0.05) is 6.04 Å². The molecule has 18 heavy (non-hydrogen) atoms. The van der Waals surface area contributed by atoms with Crippen molar-refractivity contribution in [1.82, 2.24) is 5.32 Å². The fourth-order valence-electron chi connectivity index (χ4n) is 2.20. The van der Waals surface area contributed by atoms with Crippen molar-refractivity contribution in [3.63, 3.8) is 0 Å². The first-order chi connectivity index (χ1) is 8.50. The first-order valence-corrected chi connectivity index (χ1v) is 5.83. The summed E-state index contributed by atoms with van der Waals surface area (Å²) in [5.74, 6) is 0. The number of hydrogen-bond donors (Lipinski definition) is 1. The Morgan fingerprint density at radius 3 is 2.39 bits per heavy atom. The summed E-state index contributed by atoms with van der Waals surface area (Å²) in [5, 5.41) is 12.0. The lowest BCUT2D eigenvalue weighted by Gasteiger charge is -2.27. The molecular formula is C13H13F3N2. The van der Waals surface area contributed by atoms with Gasteiger partial charge in [-0.2, -0.15) is 18.4 Å². The lowest BCUT2D eigenvalue weighted by molar-refractivity contribution is -0.137. The first kappa shape index (κ1) is 12.9. The second kappa shape index (κ2) is 4.99. The molecular weight excluding hydrogens is 241 g/mol. The van der Waals surface area contributed by atoms with Crippen LogP contribution in [0.2, 0.25) is 0 Å². The Kier molecular flexibility index (Phi) is 3.58. The van der Waals surface area contributed by atoms with Crippen LogP contribution in [0.15, 0.2) is 24.3 Å². The number of benzene rings is 1. The lowest BCUT2D eigenvalue weighted by atomic mass is 9.93. The van der Waals surface area contributed by atoms with Crippen LogP contribution in [0.5, 0.6) is 0 Å². The second-order valence-corrected chi connectivity index (χ2v) is 4.45. The molecule has 2 nitrogen and oxygen atoms in total. The van der Waals surface area contributed by atoms with Crippen LogP contribution in [0.4, 0.5) is 13.2 Å². The molecule has 0 bridgehead atoms. The normalized spacial score (nSPS) is 24.6. The maximum Gasteiger partial charge on any atom is 0.416 e. The predicted octanol–water partition coefficient (Wildman–Crippen LogP) is 3.41. The van der Waals surface area contributed by atoms with Crippen molar-refractivity contribution in [3.05, 3.63) is 35.4 Å². The summed E-state index contributed by atoms with van der Waals surface area (Å²) in [5.41, 5.74) is 0.168. The van der Waals surface area contributed by atoms with E-state index in [1.165, 1.54) is 12.1 Å². The van der Waals surface area contributed by atoms with Crippen LogP contribution in [-0.4, -0.2) is 6.04 Å². The first-order valence-electron chi connectivity index (χ1n) is 5.83. The maximum absolute atomic E-state index is 12.4. The van der Waals surface area contributed by atoms with Crippen molar-refractivity contribution in [3.8, 4) is 6.07 Å². The van der Waals surface area contributed by atoms with Gasteiger partial charge in [-0.25, -0.2) is 0 Å². The molecule has 1 heterocycles. The molecule has 0 radical (unpaired) electrons. The topological polar surface area (TPSA) is 35.8 Å². The third-order valence-electron chi connectivity index (χ3n) is 3.18. The zero-order valence-electron chi connectivity index (χ0n) is 9.67. The third-order valence-corrected chi connectivity index (χ3v) is 3.18. The molecule has 1 fully saturated rings. The van der Waals surface area contributed by atoms with Crippen LogP contribution < -0.4 is 5.32 Å². The van der Waals surface area contributed by atoms with Crippen LogP contribution in [0.25, 0.3) is 0 Å². The zero-order valence-corrected chi connectivity index (χ0v) is 9.67. The highest BCUT2D eigenvalue weighted by molar-refractivity contribution is 5.27. The number of alkyl halides is 3. The molecule has 1 saturated heterocycles. The van der Waals surface area contributed by atoms with Crippen molar-refractivity contribution >= 4 is 0 Å². The molecule has 1 N–H and O–H groups in total. The maximum atomic E-state index is 12.4. The molecule has 1 aromatic carbocycles. The van der Waals surface area contributed by atoms with E-state index >= 15 is 0 Å². The number of nitriles is 1. The summed E-state index contributed by atoms with van der Waals surface area (Å²) in [4.78, 5) is 0. The summed E-state index contributed by atoms with van der Waals surface area (Å²) in [6.45, 7) is 0. The number of rotatable bonds is 1. The number of nitrogens with one attached hydrogen (secondary N) is 1. The number of nitrogens with zero attached hydrogens (tertiary/aromatic N) is 1. The summed E-state index contributed by atoms with van der Waals surface area (Å²) >= 11 is 0. The van der Waals surface area contributed by atoms with E-state index < -0.39 is 11.7 Å². The van der Waals surface area contributed by atoms with Crippen molar-refractivity contribution < 1.29 is 13.2 Å². The molecule has 1 aliphatic heterocycles. The second-order valence-electron chi connectivity index (χ2n) is 4.45. The van der Waals surface area contributed by atoms with E-state index in [0.717, 1.165) is 37.0 Å². The Morgan fingerprint density at radius 2 is 1.83 bits per heavy atom. The van der Waals surface area contributed by atoms with E-state index in [1.54, 1.807) is 0 Å². The average Bonchev–Trinajstić information content (AvgIpc) is 2.38. The molecule has 2 unspecified atom stereocenters. The van der Waals surface area contributed by atoms with Gasteiger partial charge in [-0.1, -0.05) is 12.1 Å². The SMILES string of the molecule is N#CC1CCCC(c2ccc(C(F)(F)F)cc2)N1. The van der Waals surface area contributed by atoms with Gasteiger partial charge in [0.2, 0.25) is 0 Å². The van der Waals surface area contributed by atoms with Gasteiger partial charge in [0.1, 0.15) is 0 Å². The van der Waals surface area contributed by atoms with Gasteiger partial charge in [0.25, 0.3) is 0 Å². The van der Waals surface area contributed by atoms with E-state index in [0.29, 0.717) is 0 Å². The summed E-state index contributed by atoms with van der Waals surface area (Å²) in [6.07, 6.45) is -1.73. The van der Waals surface area contributed by atoms with Gasteiger partial charge >= 0.3 is 6.18 Å². The Bertz CT molecular complexity index is 445. The zero-order chi connectivity index (χ0) is 13.2. The van der Waals surface area contributed by atoms with Crippen molar-refractivity contribution in [2.75, 3.05) is 0 Å². The number of hydrogen-bond acceptors (Lipinski definition) is 2. The molecule has 2 atom stereocenters. The van der Waals surface area contributed by atoms with Gasteiger partial charge in [-0.05, 0) is 37.0 Å². The van der Waals surface area contributed by atoms with Gasteiger partial charge in [-0.3, -0.25) is 5.32 Å². The van der Waals surface area contributed by atoms with E-state index in [9.17, 15) is 13.2 Å². The van der Waals surface area contributed by atoms with Crippen LogP contribution in [0.3, 0.4) is 0 Å². The summed E-state index contributed by atoms with van der Waals surface area (Å²) < 4.78 is 37.3. The van der Waals surface area contributed by atoms with Crippen LogP contribution in [0, 0.1) is 11.3 Å². The minimum Gasteiger partial charge on any atom is -0.295 e. The summed E-state index contributed by atoms with van der Waals surface area (Å²) in [6, 6.07) is 7.08. The Labute approximate surface area is 103 Å². The minimum absolute atomic E-state index is 0.0225. The highest BCUT2D eigenvalue weighted by Gasteiger charge is 2.30. The average molecular weight is 254 g/mol. The number of halogens is 3. The van der Waals surface area contributed by atoms with Gasteiger partial charge in [-0.15, -0.1) is 0 Å². The Hall–Kier alpha value is -1.54. The Balaban J connectivity index is 2.12. The van der Waals surface area contributed by atoms with Crippen LogP contribution in [0.1, 0.15) is 36.4 Å². The quantitative estimate of drug-likeness (QED) is 0.833. The molecule has 0 aliphatic carbocycles. The highest BCUT2D eigenvalue weighted by atomic mass is 19.4. The standard InChI is InChI=1S/C13H13F3N2/c14-13(15,16)10-6-4-9(5-7-10)12-3-1-2-11(8-17)18-12/h4-7,11-12,18H,1-3H2. The van der Waals surface area contributed by atoms with E-state index in [1.807, 2.05) is 0 Å². The van der Waals surface area contributed by atoms with Crippen LogP contribution in [-0.2, 0) is 6.18 Å². The van der Waals surface area contributed by atoms with E-state index in [-0.39, 0.29) is 12.1 Å². The highest BCUT2D eigenvalue weighted by Crippen LogP contribution is 2.31. The fourth-order valence-corrected chi connectivity index (χ4v) is 2.20. The van der Waals surface area contributed by atoms with Gasteiger partial charge in [0.05, 0.1) is 17.7 Å².